The standard InChI is InChI=1S/C13H22N2O3S/c1-10(2)15(5)19(16,17)14-12-8-6-7-9-13(12)18-11(3)4/h6-11,14H,1-5H3. The second kappa shape index (κ2) is 6.25. The molecule has 0 aliphatic carbocycles. The largest absolute Gasteiger partial charge is 0.489 e. The molecule has 0 spiro atoms. The average molecular weight is 286 g/mol. The molecule has 0 atom stereocenters. The van der Waals surface area contributed by atoms with Gasteiger partial charge in [-0.2, -0.15) is 12.7 Å². The van der Waals surface area contributed by atoms with Gasteiger partial charge in [0, 0.05) is 13.1 Å². The summed E-state index contributed by atoms with van der Waals surface area (Å²) in [6, 6.07) is 6.88. The van der Waals surface area contributed by atoms with Gasteiger partial charge in [0.05, 0.1) is 11.8 Å². The van der Waals surface area contributed by atoms with Crippen LogP contribution in [0.5, 0.6) is 5.75 Å². The maximum Gasteiger partial charge on any atom is 0.301 e. The molecule has 0 aliphatic rings. The first-order chi connectivity index (χ1) is 8.74. The van der Waals surface area contributed by atoms with Crippen LogP contribution in [0.2, 0.25) is 0 Å². The number of para-hydroxylation sites is 2. The molecule has 0 saturated carbocycles. The fourth-order valence-electron chi connectivity index (χ4n) is 1.40. The van der Waals surface area contributed by atoms with Gasteiger partial charge >= 0.3 is 10.2 Å². The third-order valence-electron chi connectivity index (χ3n) is 2.60. The first-order valence-corrected chi connectivity index (χ1v) is 7.69. The van der Waals surface area contributed by atoms with Gasteiger partial charge in [0.15, 0.2) is 0 Å². The van der Waals surface area contributed by atoms with E-state index in [0.29, 0.717) is 11.4 Å². The number of ether oxygens (including phenoxy) is 1. The summed E-state index contributed by atoms with van der Waals surface area (Å²) in [6.45, 7) is 7.42. The topological polar surface area (TPSA) is 58.6 Å². The summed E-state index contributed by atoms with van der Waals surface area (Å²) in [4.78, 5) is 0. The molecule has 6 heteroatoms. The van der Waals surface area contributed by atoms with E-state index in [0.717, 1.165) is 0 Å². The van der Waals surface area contributed by atoms with Crippen molar-refractivity contribution in [3.8, 4) is 5.75 Å². The van der Waals surface area contributed by atoms with Crippen molar-refractivity contribution in [3.05, 3.63) is 24.3 Å². The van der Waals surface area contributed by atoms with Gasteiger partial charge in [-0.3, -0.25) is 4.72 Å². The van der Waals surface area contributed by atoms with Gasteiger partial charge in [0.25, 0.3) is 0 Å². The Morgan fingerprint density at radius 3 is 2.26 bits per heavy atom. The summed E-state index contributed by atoms with van der Waals surface area (Å²) in [5.74, 6) is 0.526. The molecule has 1 aromatic carbocycles. The van der Waals surface area contributed by atoms with Crippen molar-refractivity contribution in [3.63, 3.8) is 0 Å². The Bertz CT molecular complexity index is 512. The number of nitrogens with one attached hydrogen (secondary N) is 1. The SMILES string of the molecule is CC(C)Oc1ccccc1NS(=O)(=O)N(C)C(C)C. The summed E-state index contributed by atoms with van der Waals surface area (Å²) < 4.78 is 33.7. The molecular weight excluding hydrogens is 264 g/mol. The maximum absolute atomic E-state index is 12.1. The molecule has 0 fully saturated rings. The monoisotopic (exact) mass is 286 g/mol. The highest BCUT2D eigenvalue weighted by Crippen LogP contribution is 2.26. The maximum atomic E-state index is 12.1. The molecule has 0 aliphatic heterocycles. The molecule has 5 nitrogen and oxygen atoms in total. The lowest BCUT2D eigenvalue weighted by Crippen LogP contribution is -2.37. The summed E-state index contributed by atoms with van der Waals surface area (Å²) in [7, 11) is -2.03. The highest BCUT2D eigenvalue weighted by Gasteiger charge is 2.21. The molecule has 0 saturated heterocycles. The van der Waals surface area contributed by atoms with Crippen LogP contribution >= 0.6 is 0 Å². The van der Waals surface area contributed by atoms with Crippen molar-refractivity contribution in [2.75, 3.05) is 11.8 Å². The van der Waals surface area contributed by atoms with Gasteiger partial charge in [0.1, 0.15) is 5.75 Å². The molecule has 108 valence electrons. The van der Waals surface area contributed by atoms with Crippen LogP contribution in [-0.4, -0.2) is 31.9 Å². The van der Waals surface area contributed by atoms with E-state index in [-0.39, 0.29) is 12.1 Å². The van der Waals surface area contributed by atoms with E-state index >= 15 is 0 Å². The molecule has 19 heavy (non-hydrogen) atoms. The van der Waals surface area contributed by atoms with Crippen LogP contribution in [0.25, 0.3) is 0 Å². The Balaban J connectivity index is 2.99. The van der Waals surface area contributed by atoms with Gasteiger partial charge in [-0.25, -0.2) is 0 Å². The van der Waals surface area contributed by atoms with Crippen LogP contribution in [0.3, 0.4) is 0 Å². The van der Waals surface area contributed by atoms with Crippen molar-refractivity contribution in [2.24, 2.45) is 0 Å². The molecule has 0 unspecified atom stereocenters. The molecule has 0 radical (unpaired) electrons. The van der Waals surface area contributed by atoms with Crippen molar-refractivity contribution in [2.45, 2.75) is 39.8 Å². The summed E-state index contributed by atoms with van der Waals surface area (Å²) in [5.41, 5.74) is 0.448. The summed E-state index contributed by atoms with van der Waals surface area (Å²) in [6.07, 6.45) is -0.0199. The minimum atomic E-state index is -3.57. The lowest BCUT2D eigenvalue weighted by atomic mass is 10.3. The zero-order chi connectivity index (χ0) is 14.6. The van der Waals surface area contributed by atoms with Gasteiger partial charge in [-0.15, -0.1) is 0 Å². The second-order valence-corrected chi connectivity index (χ2v) is 6.61. The summed E-state index contributed by atoms with van der Waals surface area (Å²) >= 11 is 0. The predicted octanol–water partition coefficient (Wildman–Crippen LogP) is 2.47. The summed E-state index contributed by atoms with van der Waals surface area (Å²) in [5, 5.41) is 0. The molecule has 1 N–H and O–H groups in total. The molecule has 0 bridgehead atoms. The third kappa shape index (κ3) is 4.40. The van der Waals surface area contributed by atoms with E-state index in [1.807, 2.05) is 33.8 Å². The number of nitrogens with zero attached hydrogens (tertiary/aromatic N) is 1. The van der Waals surface area contributed by atoms with Gasteiger partial charge in [-0.05, 0) is 39.8 Å². The van der Waals surface area contributed by atoms with E-state index in [9.17, 15) is 8.42 Å². The zero-order valence-electron chi connectivity index (χ0n) is 12.0. The number of hydrogen-bond acceptors (Lipinski definition) is 3. The van der Waals surface area contributed by atoms with Gasteiger partial charge in [-0.1, -0.05) is 12.1 Å². The van der Waals surface area contributed by atoms with E-state index in [1.165, 1.54) is 4.31 Å². The average Bonchev–Trinajstić information content (AvgIpc) is 2.29. The van der Waals surface area contributed by atoms with Gasteiger partial charge in [0.2, 0.25) is 0 Å². The Morgan fingerprint density at radius 2 is 1.74 bits per heavy atom. The first-order valence-electron chi connectivity index (χ1n) is 6.25. The van der Waals surface area contributed by atoms with Crippen LogP contribution < -0.4 is 9.46 Å². The Morgan fingerprint density at radius 1 is 1.16 bits per heavy atom. The minimum Gasteiger partial charge on any atom is -0.489 e. The van der Waals surface area contributed by atoms with Crippen molar-refractivity contribution in [1.29, 1.82) is 0 Å². The quantitative estimate of drug-likeness (QED) is 0.874. The van der Waals surface area contributed by atoms with Crippen molar-refractivity contribution in [1.82, 2.24) is 4.31 Å². The second-order valence-electron chi connectivity index (χ2n) is 4.88. The molecule has 0 aromatic heterocycles. The number of hydrogen-bond donors (Lipinski definition) is 1. The van der Waals surface area contributed by atoms with Crippen molar-refractivity contribution >= 4 is 15.9 Å². The zero-order valence-corrected chi connectivity index (χ0v) is 12.9. The number of benzene rings is 1. The first kappa shape index (κ1) is 15.8. The van der Waals surface area contributed by atoms with Gasteiger partial charge < -0.3 is 4.74 Å². The van der Waals surface area contributed by atoms with E-state index in [1.54, 1.807) is 25.2 Å². The van der Waals surface area contributed by atoms with Crippen molar-refractivity contribution < 1.29 is 13.2 Å². The van der Waals surface area contributed by atoms with Crippen LogP contribution in [0, 0.1) is 0 Å². The molecular formula is C13H22N2O3S. The minimum absolute atomic E-state index is 0.0199. The van der Waals surface area contributed by atoms with Crippen LogP contribution in [0.1, 0.15) is 27.7 Å². The highest BCUT2D eigenvalue weighted by molar-refractivity contribution is 7.90. The Hall–Kier alpha value is -1.27. The fourth-order valence-corrected chi connectivity index (χ4v) is 2.54. The lowest BCUT2D eigenvalue weighted by Gasteiger charge is -2.23. The molecule has 1 rings (SSSR count). The smallest absolute Gasteiger partial charge is 0.301 e. The number of rotatable bonds is 6. The predicted molar refractivity (Wildman–Crippen MR) is 77.6 cm³/mol. The molecule has 0 amide bonds. The molecule has 0 heterocycles. The van der Waals surface area contributed by atoms with E-state index in [2.05, 4.69) is 4.72 Å². The fraction of sp³-hybridized carbons (Fsp3) is 0.538. The third-order valence-corrected chi connectivity index (χ3v) is 4.25. The van der Waals surface area contributed by atoms with E-state index < -0.39 is 10.2 Å². The normalized spacial score (nSPS) is 12.2. The highest BCUT2D eigenvalue weighted by atomic mass is 32.2. The lowest BCUT2D eigenvalue weighted by molar-refractivity contribution is 0.244. The number of anilines is 1. The molecule has 1 aromatic rings. The van der Waals surface area contributed by atoms with Crippen LogP contribution in [-0.2, 0) is 10.2 Å². The Labute approximate surface area is 115 Å². The Kier molecular flexibility index (Phi) is 5.20. The van der Waals surface area contributed by atoms with Crippen LogP contribution in [0.15, 0.2) is 24.3 Å². The van der Waals surface area contributed by atoms with E-state index in [4.69, 9.17) is 4.74 Å². The van der Waals surface area contributed by atoms with Crippen LogP contribution in [0.4, 0.5) is 5.69 Å².